The molecule has 10 heteroatoms. The molecule has 2 saturated heterocycles. The van der Waals surface area contributed by atoms with Crippen molar-refractivity contribution in [2.24, 2.45) is 10.9 Å². The Kier molecular flexibility index (Phi) is 9.57. The third kappa shape index (κ3) is 6.74. The van der Waals surface area contributed by atoms with Crippen LogP contribution < -0.4 is 0 Å². The van der Waals surface area contributed by atoms with Crippen molar-refractivity contribution in [2.75, 3.05) is 33.9 Å². The number of likely N-dealkylation sites (tertiary alicyclic amines) is 1. The van der Waals surface area contributed by atoms with E-state index in [0.29, 0.717) is 42.1 Å². The lowest BCUT2D eigenvalue weighted by molar-refractivity contribution is -0.0592. The number of allylic oxidation sites excluding steroid dienone is 1. The zero-order valence-corrected chi connectivity index (χ0v) is 25.7. The summed E-state index contributed by atoms with van der Waals surface area (Å²) >= 11 is 0. The van der Waals surface area contributed by atoms with Crippen LogP contribution in [-0.4, -0.2) is 71.0 Å². The van der Waals surface area contributed by atoms with Crippen LogP contribution >= 0.6 is 0 Å². The van der Waals surface area contributed by atoms with Gasteiger partial charge in [0.25, 0.3) is 0 Å². The molecule has 1 unspecified atom stereocenters. The number of aromatic nitrogens is 2. The Morgan fingerprint density at radius 3 is 2.66 bits per heavy atom. The fourth-order valence-corrected chi connectivity index (χ4v) is 5.87. The summed E-state index contributed by atoms with van der Waals surface area (Å²) in [6.07, 6.45) is 4.76. The molecule has 0 radical (unpaired) electrons. The number of carbonyl (C=O) groups is 1. The number of nitrogens with zero attached hydrogens (tertiary/aromatic N) is 6. The van der Waals surface area contributed by atoms with Gasteiger partial charge in [0.1, 0.15) is 17.5 Å². The summed E-state index contributed by atoms with van der Waals surface area (Å²) in [7, 11) is 3.22. The van der Waals surface area contributed by atoms with Crippen LogP contribution in [-0.2, 0) is 29.1 Å². The molecule has 9 nitrogen and oxygen atoms in total. The molecule has 0 amide bonds. The molecule has 0 N–H and O–H groups in total. The van der Waals surface area contributed by atoms with Gasteiger partial charge in [-0.05, 0) is 81.2 Å². The molecule has 1 atom stereocenters. The Balaban J connectivity index is 1.24. The molecule has 0 saturated carbocycles. The van der Waals surface area contributed by atoms with Crippen LogP contribution in [0.4, 0.5) is 4.39 Å². The van der Waals surface area contributed by atoms with Crippen molar-refractivity contribution in [1.82, 2.24) is 19.4 Å². The van der Waals surface area contributed by atoms with Gasteiger partial charge in [-0.2, -0.15) is 5.26 Å². The van der Waals surface area contributed by atoms with Crippen molar-refractivity contribution in [2.45, 2.75) is 51.9 Å². The van der Waals surface area contributed by atoms with Gasteiger partial charge in [0.2, 0.25) is 0 Å². The number of aliphatic imine (C=N–C) groups is 1. The molecule has 2 aliphatic heterocycles. The number of hydrogen-bond acceptors (Lipinski definition) is 8. The Labute approximate surface area is 257 Å². The molecule has 0 bridgehead atoms. The van der Waals surface area contributed by atoms with E-state index in [-0.39, 0.29) is 18.0 Å². The number of nitriles is 1. The van der Waals surface area contributed by atoms with Crippen molar-refractivity contribution in [1.29, 1.82) is 5.26 Å². The maximum Gasteiger partial charge on any atom is 0.337 e. The highest BCUT2D eigenvalue weighted by atomic mass is 19.1. The summed E-state index contributed by atoms with van der Waals surface area (Å²) in [6.45, 7) is 14.1. The van der Waals surface area contributed by atoms with Gasteiger partial charge < -0.3 is 18.9 Å². The first kappa shape index (κ1) is 31.1. The number of methoxy groups -OCH3 is 1. The third-order valence-electron chi connectivity index (χ3n) is 8.65. The van der Waals surface area contributed by atoms with Gasteiger partial charge in [0, 0.05) is 37.4 Å². The van der Waals surface area contributed by atoms with Gasteiger partial charge >= 0.3 is 5.97 Å². The van der Waals surface area contributed by atoms with Gasteiger partial charge in [0.15, 0.2) is 0 Å². The topological polar surface area (TPSA) is 96.0 Å². The number of piperidine rings is 1. The van der Waals surface area contributed by atoms with E-state index in [2.05, 4.69) is 22.6 Å². The third-order valence-corrected chi connectivity index (χ3v) is 8.65. The first-order valence-electron chi connectivity index (χ1n) is 14.9. The number of hydrogen-bond donors (Lipinski definition) is 0. The Morgan fingerprint density at radius 1 is 1.30 bits per heavy atom. The largest absolute Gasteiger partial charge is 0.465 e. The van der Waals surface area contributed by atoms with Crippen LogP contribution in [0.1, 0.15) is 52.1 Å². The van der Waals surface area contributed by atoms with Crippen LogP contribution in [0.5, 0.6) is 0 Å². The number of esters is 1. The summed E-state index contributed by atoms with van der Waals surface area (Å²) in [6, 6.07) is 10.4. The fraction of sp³-hybridized carbons (Fsp3) is 0.412. The van der Waals surface area contributed by atoms with E-state index in [1.807, 2.05) is 30.1 Å². The molecule has 1 aromatic heterocycles. The highest BCUT2D eigenvalue weighted by molar-refractivity contribution is 5.97. The van der Waals surface area contributed by atoms with E-state index < -0.39 is 5.82 Å². The van der Waals surface area contributed by atoms with Crippen LogP contribution in [0.2, 0.25) is 0 Å². The molecule has 230 valence electrons. The number of rotatable bonds is 11. The average molecular weight is 599 g/mol. The summed E-state index contributed by atoms with van der Waals surface area (Å²) in [5.41, 5.74) is 4.69. The predicted molar refractivity (Wildman–Crippen MR) is 168 cm³/mol. The number of imidazole rings is 1. The monoisotopic (exact) mass is 598 g/mol. The second-order valence-electron chi connectivity index (χ2n) is 11.5. The Bertz CT molecular complexity index is 1620. The van der Waals surface area contributed by atoms with Gasteiger partial charge in [0.05, 0.1) is 54.5 Å². The van der Waals surface area contributed by atoms with Gasteiger partial charge in [-0.25, -0.2) is 19.2 Å². The normalized spacial score (nSPS) is 17.6. The van der Waals surface area contributed by atoms with E-state index in [1.165, 1.54) is 13.2 Å². The first-order valence-corrected chi connectivity index (χ1v) is 14.9. The predicted octanol–water partition coefficient (Wildman–Crippen LogP) is 5.37. The van der Waals surface area contributed by atoms with Gasteiger partial charge in [-0.3, -0.25) is 4.90 Å². The Morgan fingerprint density at radius 2 is 2.05 bits per heavy atom. The van der Waals surface area contributed by atoms with Crippen molar-refractivity contribution < 1.29 is 18.7 Å². The molecular weight excluding hydrogens is 559 g/mol. The molecule has 3 aromatic rings. The highest BCUT2D eigenvalue weighted by Crippen LogP contribution is 2.27. The Hall–Kier alpha value is -4.33. The highest BCUT2D eigenvalue weighted by Gasteiger charge is 2.26. The number of carbonyl (C=O) groups excluding carboxylic acids is 1. The summed E-state index contributed by atoms with van der Waals surface area (Å²) < 4.78 is 27.5. The lowest BCUT2D eigenvalue weighted by Gasteiger charge is -2.33. The van der Waals surface area contributed by atoms with Gasteiger partial charge in [-0.15, -0.1) is 0 Å². The molecule has 0 spiro atoms. The molecule has 2 fully saturated rings. The van der Waals surface area contributed by atoms with Crippen LogP contribution in [0.15, 0.2) is 60.4 Å². The standard InChI is InChI=1S/C34H39FN6O3/c1-6-30(37-23(3)39(4)20-28-22(2)15-24(18-36)16-29(28)35)25-9-12-40(13-10-25)21-33-38-31-8-7-26(34(42)43-5)17-32(31)41(33)19-27-11-14-44-27/h6-8,15-17,25,27H,1,3,9-14,19-21H2,2,4-5H3/b37-30+. The van der Waals surface area contributed by atoms with E-state index in [9.17, 15) is 9.18 Å². The molecule has 5 rings (SSSR count). The van der Waals surface area contributed by atoms with Gasteiger partial charge in [-0.1, -0.05) is 13.2 Å². The number of halogens is 1. The zero-order chi connectivity index (χ0) is 31.4. The summed E-state index contributed by atoms with van der Waals surface area (Å²) in [5, 5.41) is 9.11. The molecule has 3 heterocycles. The van der Waals surface area contributed by atoms with E-state index >= 15 is 0 Å². The SMILES string of the molecule is C=C/C(=N\C(=C)N(C)Cc1c(C)cc(C#N)cc1F)C1CCN(Cc2nc3ccc(C(=O)OC)cc3n2CC2CCO2)CC1. The second kappa shape index (κ2) is 13.5. The lowest BCUT2D eigenvalue weighted by Crippen LogP contribution is -2.37. The molecule has 2 aliphatic rings. The molecule has 2 aromatic carbocycles. The van der Waals surface area contributed by atoms with Crippen molar-refractivity contribution >= 4 is 22.7 Å². The number of ether oxygens (including phenoxy) is 2. The molecule has 0 aliphatic carbocycles. The number of aryl methyl sites for hydroxylation is 1. The minimum Gasteiger partial charge on any atom is -0.465 e. The molecular formula is C34H39FN6O3. The van der Waals surface area contributed by atoms with Crippen LogP contribution in [0.25, 0.3) is 11.0 Å². The number of benzene rings is 2. The van der Waals surface area contributed by atoms with E-state index in [4.69, 9.17) is 24.7 Å². The van der Waals surface area contributed by atoms with Crippen LogP contribution in [0, 0.1) is 30.0 Å². The average Bonchev–Trinajstić information content (AvgIpc) is 3.34. The summed E-state index contributed by atoms with van der Waals surface area (Å²) in [4.78, 5) is 26.2. The maximum absolute atomic E-state index is 14.7. The smallest absolute Gasteiger partial charge is 0.337 e. The maximum atomic E-state index is 14.7. The first-order chi connectivity index (χ1) is 21.2. The minimum atomic E-state index is -0.404. The summed E-state index contributed by atoms with van der Waals surface area (Å²) in [5.74, 6) is 0.942. The molecule has 44 heavy (non-hydrogen) atoms. The van der Waals surface area contributed by atoms with E-state index in [1.54, 1.807) is 25.1 Å². The van der Waals surface area contributed by atoms with Crippen LogP contribution in [0.3, 0.4) is 0 Å². The second-order valence-corrected chi connectivity index (χ2v) is 11.5. The zero-order valence-electron chi connectivity index (χ0n) is 25.7. The van der Waals surface area contributed by atoms with Crippen molar-refractivity contribution in [3.8, 4) is 6.07 Å². The lowest BCUT2D eigenvalue weighted by atomic mass is 9.91. The van der Waals surface area contributed by atoms with Crippen molar-refractivity contribution in [3.05, 3.63) is 89.3 Å². The number of fused-ring (bicyclic) bond motifs is 1. The fourth-order valence-electron chi connectivity index (χ4n) is 5.87. The van der Waals surface area contributed by atoms with E-state index in [0.717, 1.165) is 67.1 Å². The quantitative estimate of drug-likeness (QED) is 0.216. The minimum absolute atomic E-state index is 0.147. The van der Waals surface area contributed by atoms with Crippen molar-refractivity contribution in [3.63, 3.8) is 0 Å².